The van der Waals surface area contributed by atoms with Crippen molar-refractivity contribution in [2.75, 3.05) is 0 Å². The highest BCUT2D eigenvalue weighted by Crippen LogP contribution is 2.39. The summed E-state index contributed by atoms with van der Waals surface area (Å²) in [7, 11) is 0. The molecule has 3 rings (SSSR count). The van der Waals surface area contributed by atoms with Gasteiger partial charge in [-0.25, -0.2) is 0 Å². The number of carbonyl (C=O) groups excluding carboxylic acids is 2. The lowest BCUT2D eigenvalue weighted by atomic mass is 10.1. The average molecular weight is 322 g/mol. The summed E-state index contributed by atoms with van der Waals surface area (Å²) in [6.07, 6.45) is 2.01. The molecule has 24 heavy (non-hydrogen) atoms. The Kier molecular flexibility index (Phi) is 4.21. The molecule has 0 saturated carbocycles. The summed E-state index contributed by atoms with van der Waals surface area (Å²) in [4.78, 5) is 24.0. The first-order chi connectivity index (χ1) is 11.5. The smallest absolute Gasteiger partial charge is 0.310 e. The lowest BCUT2D eigenvalue weighted by Gasteiger charge is -2.09. The number of hydrogen-bond donors (Lipinski definition) is 0. The first-order valence-corrected chi connectivity index (χ1v) is 7.84. The van der Waals surface area contributed by atoms with Crippen molar-refractivity contribution in [2.45, 2.75) is 27.2 Å². The van der Waals surface area contributed by atoms with Crippen LogP contribution in [0.4, 0.5) is 0 Å². The second kappa shape index (κ2) is 6.32. The minimum atomic E-state index is -0.321. The Morgan fingerprint density at radius 2 is 1.83 bits per heavy atom. The molecule has 0 bridgehead atoms. The van der Waals surface area contributed by atoms with E-state index in [2.05, 4.69) is 0 Å². The van der Waals surface area contributed by atoms with Gasteiger partial charge in [-0.3, -0.25) is 9.59 Å². The van der Waals surface area contributed by atoms with E-state index in [-0.39, 0.29) is 23.9 Å². The second-order valence-electron chi connectivity index (χ2n) is 5.74. The molecule has 0 spiro atoms. The molecule has 0 fully saturated rings. The van der Waals surface area contributed by atoms with Crippen LogP contribution >= 0.6 is 0 Å². The molecule has 1 aliphatic rings. The molecule has 1 aliphatic heterocycles. The standard InChI is InChI=1S/C20H18O4/c1-4-18(21)23-16-10-9-15-19(22)17(24-20(15)13(16)3)11-14-7-5-12(2)6-8-14/h5-11H,4H2,1-3H3/b17-11-. The van der Waals surface area contributed by atoms with Crippen LogP contribution in [0, 0.1) is 13.8 Å². The quantitative estimate of drug-likeness (QED) is 0.482. The fraction of sp³-hybridized carbons (Fsp3) is 0.200. The first-order valence-electron chi connectivity index (χ1n) is 7.84. The molecule has 1 heterocycles. The van der Waals surface area contributed by atoms with Crippen LogP contribution in [0.25, 0.3) is 6.08 Å². The lowest BCUT2D eigenvalue weighted by Crippen LogP contribution is -2.06. The van der Waals surface area contributed by atoms with Gasteiger partial charge in [0.05, 0.1) is 5.56 Å². The summed E-state index contributed by atoms with van der Waals surface area (Å²) in [6.45, 7) is 5.51. The number of esters is 1. The average Bonchev–Trinajstić information content (AvgIpc) is 2.89. The van der Waals surface area contributed by atoms with Gasteiger partial charge in [-0.15, -0.1) is 0 Å². The van der Waals surface area contributed by atoms with Crippen molar-refractivity contribution in [3.8, 4) is 11.5 Å². The summed E-state index contributed by atoms with van der Waals surface area (Å²) < 4.78 is 11.0. The van der Waals surface area contributed by atoms with Crippen molar-refractivity contribution in [1.29, 1.82) is 0 Å². The van der Waals surface area contributed by atoms with Gasteiger partial charge in [0.25, 0.3) is 0 Å². The number of benzene rings is 2. The van der Waals surface area contributed by atoms with Crippen LogP contribution in [0.3, 0.4) is 0 Å². The minimum absolute atomic E-state index is 0.165. The number of ketones is 1. The Morgan fingerprint density at radius 3 is 2.50 bits per heavy atom. The fourth-order valence-corrected chi connectivity index (χ4v) is 2.49. The highest BCUT2D eigenvalue weighted by Gasteiger charge is 2.30. The Bertz CT molecular complexity index is 845. The molecule has 0 aromatic heterocycles. The van der Waals surface area contributed by atoms with Crippen molar-refractivity contribution >= 4 is 17.8 Å². The Balaban J connectivity index is 1.93. The monoisotopic (exact) mass is 322 g/mol. The van der Waals surface area contributed by atoms with Crippen LogP contribution in [-0.4, -0.2) is 11.8 Å². The predicted octanol–water partition coefficient (Wildman–Crippen LogP) is 4.24. The van der Waals surface area contributed by atoms with Crippen LogP contribution in [0.2, 0.25) is 0 Å². The van der Waals surface area contributed by atoms with Crippen LogP contribution in [0.1, 0.15) is 40.4 Å². The molecule has 4 nitrogen and oxygen atoms in total. The van der Waals surface area contributed by atoms with Crippen LogP contribution < -0.4 is 9.47 Å². The number of ether oxygens (including phenoxy) is 2. The van der Waals surface area contributed by atoms with E-state index in [1.165, 1.54) is 0 Å². The Morgan fingerprint density at radius 1 is 1.12 bits per heavy atom. The van der Waals surface area contributed by atoms with Gasteiger partial charge in [-0.2, -0.15) is 0 Å². The van der Waals surface area contributed by atoms with Gasteiger partial charge in [0.2, 0.25) is 5.78 Å². The van der Waals surface area contributed by atoms with Crippen LogP contribution in [-0.2, 0) is 4.79 Å². The molecule has 122 valence electrons. The third-order valence-corrected chi connectivity index (χ3v) is 3.92. The van der Waals surface area contributed by atoms with Crippen molar-refractivity contribution in [1.82, 2.24) is 0 Å². The summed E-state index contributed by atoms with van der Waals surface area (Å²) in [5.74, 6) is 0.667. The number of allylic oxidation sites excluding steroid dienone is 1. The summed E-state index contributed by atoms with van der Waals surface area (Å²) >= 11 is 0. The predicted molar refractivity (Wildman–Crippen MR) is 91.2 cm³/mol. The lowest BCUT2D eigenvalue weighted by molar-refractivity contribution is -0.134. The zero-order valence-electron chi connectivity index (χ0n) is 13.9. The van der Waals surface area contributed by atoms with E-state index in [4.69, 9.17) is 9.47 Å². The number of fused-ring (bicyclic) bond motifs is 1. The molecular formula is C20H18O4. The molecule has 2 aromatic carbocycles. The Labute approximate surface area is 140 Å². The number of carbonyl (C=O) groups is 2. The zero-order chi connectivity index (χ0) is 17.3. The van der Waals surface area contributed by atoms with E-state index < -0.39 is 0 Å². The highest BCUT2D eigenvalue weighted by molar-refractivity contribution is 6.15. The zero-order valence-corrected chi connectivity index (χ0v) is 13.9. The normalized spacial score (nSPS) is 14.5. The third-order valence-electron chi connectivity index (χ3n) is 3.92. The van der Waals surface area contributed by atoms with E-state index in [9.17, 15) is 9.59 Å². The molecule has 0 atom stereocenters. The SMILES string of the molecule is CCC(=O)Oc1ccc2c(c1C)O/C(=C\c1ccc(C)cc1)C2=O. The maximum Gasteiger partial charge on any atom is 0.310 e. The molecule has 0 radical (unpaired) electrons. The van der Waals surface area contributed by atoms with Crippen molar-refractivity contribution in [2.24, 2.45) is 0 Å². The van der Waals surface area contributed by atoms with E-state index in [1.807, 2.05) is 31.2 Å². The number of rotatable bonds is 3. The molecule has 0 aliphatic carbocycles. The van der Waals surface area contributed by atoms with Gasteiger partial charge in [-0.05, 0) is 37.6 Å². The van der Waals surface area contributed by atoms with Gasteiger partial charge >= 0.3 is 5.97 Å². The van der Waals surface area contributed by atoms with Crippen LogP contribution in [0.5, 0.6) is 11.5 Å². The molecule has 0 amide bonds. The van der Waals surface area contributed by atoms with E-state index in [0.29, 0.717) is 22.6 Å². The maximum absolute atomic E-state index is 12.5. The second-order valence-corrected chi connectivity index (χ2v) is 5.74. The molecule has 0 N–H and O–H groups in total. The van der Waals surface area contributed by atoms with Gasteiger partial charge in [0, 0.05) is 12.0 Å². The summed E-state index contributed by atoms with van der Waals surface area (Å²) in [5.41, 5.74) is 3.18. The van der Waals surface area contributed by atoms with Gasteiger partial charge in [0.15, 0.2) is 5.76 Å². The van der Waals surface area contributed by atoms with E-state index >= 15 is 0 Å². The molecule has 0 unspecified atom stereocenters. The van der Waals surface area contributed by atoms with Crippen molar-refractivity contribution in [3.63, 3.8) is 0 Å². The number of aryl methyl sites for hydroxylation is 1. The Hall–Kier alpha value is -2.88. The number of hydrogen-bond acceptors (Lipinski definition) is 4. The highest BCUT2D eigenvalue weighted by atomic mass is 16.5. The fourth-order valence-electron chi connectivity index (χ4n) is 2.49. The van der Waals surface area contributed by atoms with Crippen molar-refractivity contribution in [3.05, 3.63) is 64.4 Å². The molecule has 4 heteroatoms. The van der Waals surface area contributed by atoms with E-state index in [0.717, 1.165) is 11.1 Å². The van der Waals surface area contributed by atoms with E-state index in [1.54, 1.807) is 32.1 Å². The summed E-state index contributed by atoms with van der Waals surface area (Å²) in [5, 5.41) is 0. The van der Waals surface area contributed by atoms with Crippen LogP contribution in [0.15, 0.2) is 42.2 Å². The first kappa shape index (κ1) is 16.0. The topological polar surface area (TPSA) is 52.6 Å². The van der Waals surface area contributed by atoms with Crippen molar-refractivity contribution < 1.29 is 19.1 Å². The van der Waals surface area contributed by atoms with Gasteiger partial charge in [-0.1, -0.05) is 36.8 Å². The maximum atomic E-state index is 12.5. The van der Waals surface area contributed by atoms with Gasteiger partial charge < -0.3 is 9.47 Å². The molecule has 0 saturated heterocycles. The summed E-state index contributed by atoms with van der Waals surface area (Å²) in [6, 6.07) is 11.1. The minimum Gasteiger partial charge on any atom is -0.452 e. The molecular weight excluding hydrogens is 304 g/mol. The largest absolute Gasteiger partial charge is 0.452 e. The number of Topliss-reactive ketones (excluding diaryl/α,β-unsaturated/α-hetero) is 1. The molecule has 2 aromatic rings. The third kappa shape index (κ3) is 2.95. The van der Waals surface area contributed by atoms with Gasteiger partial charge in [0.1, 0.15) is 11.5 Å².